The van der Waals surface area contributed by atoms with E-state index < -0.39 is 0 Å². The topological polar surface area (TPSA) is 40.9 Å². The number of hydrogen-bond acceptors (Lipinski definition) is 2. The molecule has 0 aliphatic rings. The molecular weight excluding hydrogens is 312 g/mol. The van der Waals surface area contributed by atoms with Crippen LogP contribution in [-0.2, 0) is 0 Å². The van der Waals surface area contributed by atoms with Crippen LogP contribution in [0.2, 0.25) is 0 Å². The number of nitriles is 1. The van der Waals surface area contributed by atoms with Crippen molar-refractivity contribution >= 4 is 40.0 Å². The third-order valence-corrected chi connectivity index (χ3v) is 3.25. The molecule has 1 aromatic rings. The standard InChI is InChI=1S/C10H7ClINO/c1-6-2-3-7(9(14)4-11)10(12)8(6)5-13/h2-3H,4H2,1H3. The van der Waals surface area contributed by atoms with Gasteiger partial charge in [0, 0.05) is 9.13 Å². The monoisotopic (exact) mass is 319 g/mol. The molecule has 0 N–H and O–H groups in total. The molecule has 0 aromatic heterocycles. The van der Waals surface area contributed by atoms with Gasteiger partial charge in [-0.1, -0.05) is 6.07 Å². The van der Waals surface area contributed by atoms with E-state index >= 15 is 0 Å². The van der Waals surface area contributed by atoms with Crippen molar-refractivity contribution in [3.05, 3.63) is 32.4 Å². The third-order valence-electron chi connectivity index (χ3n) is 1.88. The van der Waals surface area contributed by atoms with E-state index in [4.69, 9.17) is 16.9 Å². The van der Waals surface area contributed by atoms with Crippen LogP contribution in [0.25, 0.3) is 0 Å². The highest BCUT2D eigenvalue weighted by Crippen LogP contribution is 2.21. The molecule has 0 heterocycles. The molecule has 0 aliphatic carbocycles. The van der Waals surface area contributed by atoms with Crippen LogP contribution in [0.3, 0.4) is 0 Å². The Bertz CT molecular complexity index is 423. The minimum atomic E-state index is -0.146. The average Bonchev–Trinajstić information content (AvgIpc) is 2.18. The van der Waals surface area contributed by atoms with E-state index in [1.807, 2.05) is 29.5 Å². The van der Waals surface area contributed by atoms with Crippen LogP contribution in [0.4, 0.5) is 0 Å². The number of aryl methyl sites for hydroxylation is 1. The maximum atomic E-state index is 11.4. The number of carbonyl (C=O) groups excluding carboxylic acids is 1. The van der Waals surface area contributed by atoms with Crippen LogP contribution >= 0.6 is 34.2 Å². The predicted molar refractivity (Wildman–Crippen MR) is 63.7 cm³/mol. The van der Waals surface area contributed by atoms with Crippen molar-refractivity contribution < 1.29 is 4.79 Å². The highest BCUT2D eigenvalue weighted by molar-refractivity contribution is 14.1. The Morgan fingerprint density at radius 2 is 2.29 bits per heavy atom. The van der Waals surface area contributed by atoms with Gasteiger partial charge in [-0.3, -0.25) is 4.79 Å². The summed E-state index contributed by atoms with van der Waals surface area (Å²) in [6.45, 7) is 1.84. The molecule has 72 valence electrons. The van der Waals surface area contributed by atoms with Gasteiger partial charge in [0.1, 0.15) is 6.07 Å². The zero-order chi connectivity index (χ0) is 10.7. The fourth-order valence-electron chi connectivity index (χ4n) is 1.10. The summed E-state index contributed by atoms with van der Waals surface area (Å²) in [7, 11) is 0. The lowest BCUT2D eigenvalue weighted by molar-refractivity contribution is 0.102. The van der Waals surface area contributed by atoms with Crippen molar-refractivity contribution in [2.24, 2.45) is 0 Å². The number of halogens is 2. The summed E-state index contributed by atoms with van der Waals surface area (Å²) < 4.78 is 0.691. The molecule has 0 unspecified atom stereocenters. The smallest absolute Gasteiger partial charge is 0.178 e. The van der Waals surface area contributed by atoms with Gasteiger partial charge >= 0.3 is 0 Å². The summed E-state index contributed by atoms with van der Waals surface area (Å²) in [5, 5.41) is 8.88. The van der Waals surface area contributed by atoms with Crippen molar-refractivity contribution in [1.82, 2.24) is 0 Å². The number of nitrogens with zero attached hydrogens (tertiary/aromatic N) is 1. The first kappa shape index (κ1) is 11.5. The Kier molecular flexibility index (Phi) is 3.90. The molecule has 0 atom stereocenters. The summed E-state index contributed by atoms with van der Waals surface area (Å²) >= 11 is 7.46. The van der Waals surface area contributed by atoms with E-state index in [1.54, 1.807) is 12.1 Å². The van der Waals surface area contributed by atoms with Crippen LogP contribution in [0.15, 0.2) is 12.1 Å². The lowest BCUT2D eigenvalue weighted by Crippen LogP contribution is -2.05. The molecular formula is C10H7ClINO. The molecule has 0 saturated carbocycles. The zero-order valence-electron chi connectivity index (χ0n) is 7.47. The van der Waals surface area contributed by atoms with Gasteiger partial charge in [-0.05, 0) is 41.1 Å². The number of carbonyl (C=O) groups is 1. The van der Waals surface area contributed by atoms with Crippen molar-refractivity contribution in [3.63, 3.8) is 0 Å². The summed E-state index contributed by atoms with van der Waals surface area (Å²) in [6, 6.07) is 5.56. The van der Waals surface area contributed by atoms with Gasteiger partial charge in [0.15, 0.2) is 5.78 Å². The predicted octanol–water partition coefficient (Wildman–Crippen LogP) is 2.89. The van der Waals surface area contributed by atoms with Gasteiger partial charge in [0.05, 0.1) is 11.4 Å². The molecule has 0 spiro atoms. The molecule has 1 rings (SSSR count). The highest BCUT2D eigenvalue weighted by Gasteiger charge is 2.13. The van der Waals surface area contributed by atoms with Crippen LogP contribution < -0.4 is 0 Å². The van der Waals surface area contributed by atoms with Crippen LogP contribution in [0.5, 0.6) is 0 Å². The Morgan fingerprint density at radius 3 is 2.79 bits per heavy atom. The molecule has 0 radical (unpaired) electrons. The Labute approximate surface area is 101 Å². The molecule has 0 aliphatic heterocycles. The first-order valence-corrected chi connectivity index (χ1v) is 5.51. The molecule has 14 heavy (non-hydrogen) atoms. The highest BCUT2D eigenvalue weighted by atomic mass is 127. The molecule has 4 heteroatoms. The van der Waals surface area contributed by atoms with E-state index in [1.165, 1.54) is 0 Å². The zero-order valence-corrected chi connectivity index (χ0v) is 10.4. The van der Waals surface area contributed by atoms with E-state index in [0.29, 0.717) is 14.7 Å². The molecule has 0 fully saturated rings. The Hall–Kier alpha value is -0.600. The summed E-state index contributed by atoms with van der Waals surface area (Å²) in [5.74, 6) is -0.197. The molecule has 2 nitrogen and oxygen atoms in total. The first-order valence-electron chi connectivity index (χ1n) is 3.90. The van der Waals surface area contributed by atoms with Crippen LogP contribution in [0, 0.1) is 21.8 Å². The largest absolute Gasteiger partial charge is 0.293 e. The van der Waals surface area contributed by atoms with E-state index in [9.17, 15) is 4.79 Å². The number of alkyl halides is 1. The molecule has 1 aromatic carbocycles. The minimum absolute atomic E-state index is 0.0517. The fraction of sp³-hybridized carbons (Fsp3) is 0.200. The summed E-state index contributed by atoms with van der Waals surface area (Å²) in [6.07, 6.45) is 0. The first-order chi connectivity index (χ1) is 6.61. The van der Waals surface area contributed by atoms with E-state index in [0.717, 1.165) is 5.56 Å². The van der Waals surface area contributed by atoms with Gasteiger partial charge < -0.3 is 0 Å². The van der Waals surface area contributed by atoms with Crippen LogP contribution in [-0.4, -0.2) is 11.7 Å². The number of hydrogen-bond donors (Lipinski definition) is 0. The van der Waals surface area contributed by atoms with Crippen molar-refractivity contribution in [3.8, 4) is 6.07 Å². The van der Waals surface area contributed by atoms with Crippen molar-refractivity contribution in [2.75, 3.05) is 5.88 Å². The van der Waals surface area contributed by atoms with Crippen LogP contribution in [0.1, 0.15) is 21.5 Å². The number of rotatable bonds is 2. The fourth-order valence-corrected chi connectivity index (χ4v) is 2.27. The number of benzene rings is 1. The third kappa shape index (κ3) is 2.07. The van der Waals surface area contributed by atoms with Crippen molar-refractivity contribution in [1.29, 1.82) is 5.26 Å². The van der Waals surface area contributed by atoms with Gasteiger partial charge in [-0.15, -0.1) is 11.6 Å². The van der Waals surface area contributed by atoms with E-state index in [2.05, 4.69) is 6.07 Å². The Morgan fingerprint density at radius 1 is 1.64 bits per heavy atom. The van der Waals surface area contributed by atoms with Gasteiger partial charge in [-0.2, -0.15) is 5.26 Å². The van der Waals surface area contributed by atoms with Gasteiger partial charge in [-0.25, -0.2) is 0 Å². The number of Topliss-reactive ketones (excluding diaryl/α,β-unsaturated/α-hetero) is 1. The summed E-state index contributed by atoms with van der Waals surface area (Å²) in [5.41, 5.74) is 1.97. The van der Waals surface area contributed by atoms with Gasteiger partial charge in [0.25, 0.3) is 0 Å². The minimum Gasteiger partial charge on any atom is -0.293 e. The van der Waals surface area contributed by atoms with Crippen molar-refractivity contribution in [2.45, 2.75) is 6.92 Å². The lowest BCUT2D eigenvalue weighted by atomic mass is 10.0. The molecule has 0 amide bonds. The number of ketones is 1. The second kappa shape index (κ2) is 4.76. The maximum absolute atomic E-state index is 11.4. The molecule has 0 saturated heterocycles. The maximum Gasteiger partial charge on any atom is 0.178 e. The van der Waals surface area contributed by atoms with Gasteiger partial charge in [0.2, 0.25) is 0 Å². The Balaban J connectivity index is 3.37. The second-order valence-corrected chi connectivity index (χ2v) is 4.13. The SMILES string of the molecule is Cc1ccc(C(=O)CCl)c(I)c1C#N. The average molecular weight is 320 g/mol. The lowest BCUT2D eigenvalue weighted by Gasteiger charge is -2.05. The summed E-state index contributed by atoms with van der Waals surface area (Å²) in [4.78, 5) is 11.4. The quantitative estimate of drug-likeness (QED) is 0.478. The molecule has 0 bridgehead atoms. The van der Waals surface area contributed by atoms with E-state index in [-0.39, 0.29) is 11.7 Å². The normalized spacial score (nSPS) is 9.57. The second-order valence-electron chi connectivity index (χ2n) is 2.79.